The number of hydrogen-bond acceptors (Lipinski definition) is 12. The molecule has 354 valence electrons. The third-order valence-corrected chi connectivity index (χ3v) is 11.7. The highest BCUT2D eigenvalue weighted by Gasteiger charge is 2.32. The zero-order valence-corrected chi connectivity index (χ0v) is 38.5. The van der Waals surface area contributed by atoms with Gasteiger partial charge in [0.1, 0.15) is 31.4 Å². The van der Waals surface area contributed by atoms with Crippen LogP contribution in [-0.4, -0.2) is 168 Å². The Morgan fingerprint density at radius 3 is 1.89 bits per heavy atom. The summed E-state index contributed by atoms with van der Waals surface area (Å²) >= 11 is 4.08. The van der Waals surface area contributed by atoms with Crippen molar-refractivity contribution in [3.8, 4) is 0 Å². The predicted molar refractivity (Wildman–Crippen MR) is 247 cm³/mol. The zero-order chi connectivity index (χ0) is 47.0. The second-order valence-corrected chi connectivity index (χ2v) is 16.5. The van der Waals surface area contributed by atoms with Crippen molar-refractivity contribution in [2.24, 2.45) is 17.2 Å². The molecule has 0 radical (unpaired) electrons. The van der Waals surface area contributed by atoms with E-state index in [1.54, 1.807) is 19.1 Å². The first kappa shape index (κ1) is 53.1. The molecule has 19 heteroatoms. The van der Waals surface area contributed by atoms with Crippen molar-refractivity contribution in [1.82, 2.24) is 34.7 Å². The van der Waals surface area contributed by atoms with Gasteiger partial charge in [0.15, 0.2) is 0 Å². The Morgan fingerprint density at radius 2 is 1.33 bits per heavy atom. The molecule has 2 atom stereocenters. The third kappa shape index (κ3) is 17.7. The number of nitrogens with zero attached hydrogens (tertiary/aromatic N) is 6. The van der Waals surface area contributed by atoms with Crippen molar-refractivity contribution in [2.45, 2.75) is 83.0 Å². The minimum atomic E-state index is -1.05. The highest BCUT2D eigenvalue weighted by molar-refractivity contribution is 7.80. The summed E-state index contributed by atoms with van der Waals surface area (Å²) in [6.45, 7) is 4.68. The molecule has 1 aliphatic rings. The molecular weight excluding hydrogens is 841 g/mol. The number of benzene rings is 1. The fraction of sp³-hybridized carbons (Fsp3) is 0.578. The molecule has 1 heterocycles. The van der Waals surface area contributed by atoms with E-state index in [4.69, 9.17) is 21.6 Å². The molecule has 18 nitrogen and oxygen atoms in total. The van der Waals surface area contributed by atoms with E-state index in [1.165, 1.54) is 36.8 Å². The number of carbonyl (C=O) groups excluding carboxylic acids is 7. The van der Waals surface area contributed by atoms with Gasteiger partial charge in [-0.15, -0.1) is 6.58 Å². The van der Waals surface area contributed by atoms with E-state index in [2.05, 4.69) is 24.5 Å². The summed E-state index contributed by atoms with van der Waals surface area (Å²) in [6.07, 6.45) is 9.25. The van der Waals surface area contributed by atoms with Gasteiger partial charge in [-0.05, 0) is 83.3 Å². The van der Waals surface area contributed by atoms with E-state index < -0.39 is 73.7 Å². The molecule has 0 saturated heterocycles. The number of nitrogens with two attached hydrogens (primary N) is 3. The number of likely N-dealkylation sites (N-methyl/N-ethyl adjacent to an activating group) is 1. The van der Waals surface area contributed by atoms with E-state index in [0.717, 1.165) is 31.2 Å². The molecular formula is C45H70N10O8S. The SMILES string of the molecule is C=CCN(CC(=O)N(CC(=O)N(CCCCN)CC(=O)N(CCCCN)CC(=O)NC(CS)C(N)=O)C(C)c1ccccc1)C(=O)CN(Cc1ccco1)C(=O)CN(C)C1CCCC1. The Morgan fingerprint density at radius 1 is 0.766 bits per heavy atom. The maximum Gasteiger partial charge on any atom is 0.243 e. The van der Waals surface area contributed by atoms with Crippen LogP contribution in [0.15, 0.2) is 65.8 Å². The maximum atomic E-state index is 14.5. The van der Waals surface area contributed by atoms with E-state index >= 15 is 0 Å². The largest absolute Gasteiger partial charge is 0.467 e. The zero-order valence-electron chi connectivity index (χ0n) is 37.6. The number of primary amides is 1. The van der Waals surface area contributed by atoms with Gasteiger partial charge in [0.2, 0.25) is 41.4 Å². The lowest BCUT2D eigenvalue weighted by Crippen LogP contribution is -2.53. The molecule has 0 spiro atoms. The second kappa shape index (κ2) is 28.5. The van der Waals surface area contributed by atoms with Crippen LogP contribution in [0.1, 0.15) is 75.7 Å². The molecule has 1 fully saturated rings. The highest BCUT2D eigenvalue weighted by atomic mass is 32.1. The first-order valence-electron chi connectivity index (χ1n) is 22.1. The van der Waals surface area contributed by atoms with Crippen LogP contribution in [0.3, 0.4) is 0 Å². The van der Waals surface area contributed by atoms with Gasteiger partial charge in [-0.3, -0.25) is 38.5 Å². The summed E-state index contributed by atoms with van der Waals surface area (Å²) in [6, 6.07) is 11.1. The third-order valence-electron chi connectivity index (χ3n) is 11.3. The van der Waals surface area contributed by atoms with Gasteiger partial charge in [0.25, 0.3) is 0 Å². The normalized spacial score (nSPS) is 13.5. The number of thiol groups is 1. The summed E-state index contributed by atoms with van der Waals surface area (Å²) in [4.78, 5) is 104. The molecule has 3 rings (SSSR count). The molecule has 1 saturated carbocycles. The van der Waals surface area contributed by atoms with Gasteiger partial charge in [-0.1, -0.05) is 49.2 Å². The van der Waals surface area contributed by atoms with Crippen LogP contribution >= 0.6 is 12.6 Å². The van der Waals surface area contributed by atoms with Crippen LogP contribution in [0.5, 0.6) is 0 Å². The molecule has 1 aromatic carbocycles. The monoisotopic (exact) mass is 911 g/mol. The standard InChI is InChI=1S/C45H70N10O8S/c1-4-22-51(42(59)30-54(26-37-19-14-25-63-37)40(57)28-50(3)36-17-8-9-18-36)31-44(61)55(34(2)35-15-6-5-7-16-35)32-43(60)53(24-13-11-21-47)29-41(58)52(23-12-10-20-46)27-39(56)49-38(33-64)45(48)62/h4-7,14-16,19,25,34,36,38,64H,1,8-13,17-18,20-24,26-33,46-47H2,2-3H3,(H2,48,62)(H,49,56). The number of nitrogens with one attached hydrogen (secondary N) is 1. The summed E-state index contributed by atoms with van der Waals surface area (Å²) < 4.78 is 5.55. The average molecular weight is 911 g/mol. The lowest BCUT2D eigenvalue weighted by Gasteiger charge is -2.34. The van der Waals surface area contributed by atoms with E-state index in [-0.39, 0.29) is 57.0 Å². The van der Waals surface area contributed by atoms with E-state index in [1.807, 2.05) is 42.3 Å². The summed E-state index contributed by atoms with van der Waals surface area (Å²) in [7, 11) is 1.91. The number of rotatable bonds is 30. The maximum absolute atomic E-state index is 14.5. The van der Waals surface area contributed by atoms with Crippen LogP contribution in [-0.2, 0) is 40.1 Å². The predicted octanol–water partition coefficient (Wildman–Crippen LogP) is 1.12. The van der Waals surface area contributed by atoms with Gasteiger partial charge in [-0.2, -0.15) is 12.6 Å². The summed E-state index contributed by atoms with van der Waals surface area (Å²) in [5.41, 5.74) is 17.6. The molecule has 2 aromatic rings. The van der Waals surface area contributed by atoms with Crippen molar-refractivity contribution in [2.75, 3.05) is 84.8 Å². The molecule has 7 amide bonds. The number of unbranched alkanes of at least 4 members (excludes halogenated alkanes) is 2. The highest BCUT2D eigenvalue weighted by Crippen LogP contribution is 2.23. The lowest BCUT2D eigenvalue weighted by atomic mass is 10.1. The topological polar surface area (TPSA) is 242 Å². The minimum Gasteiger partial charge on any atom is -0.467 e. The van der Waals surface area contributed by atoms with Crippen molar-refractivity contribution in [3.05, 3.63) is 72.7 Å². The minimum absolute atomic E-state index is 0.0156. The van der Waals surface area contributed by atoms with Crippen LogP contribution in [0.25, 0.3) is 0 Å². The van der Waals surface area contributed by atoms with Crippen molar-refractivity contribution in [1.29, 1.82) is 0 Å². The van der Waals surface area contributed by atoms with Gasteiger partial charge < -0.3 is 51.4 Å². The Hall–Kier alpha value is -5.24. The Bertz CT molecular complexity index is 1800. The molecule has 1 aliphatic carbocycles. The van der Waals surface area contributed by atoms with Gasteiger partial charge >= 0.3 is 0 Å². The Labute approximate surface area is 383 Å². The van der Waals surface area contributed by atoms with Crippen molar-refractivity contribution in [3.63, 3.8) is 0 Å². The van der Waals surface area contributed by atoms with Gasteiger partial charge in [0, 0.05) is 31.4 Å². The molecule has 64 heavy (non-hydrogen) atoms. The lowest BCUT2D eigenvalue weighted by molar-refractivity contribution is -0.148. The van der Waals surface area contributed by atoms with Crippen LogP contribution in [0, 0.1) is 0 Å². The second-order valence-electron chi connectivity index (χ2n) is 16.2. The molecule has 2 unspecified atom stereocenters. The fourth-order valence-electron chi connectivity index (χ4n) is 7.50. The fourth-order valence-corrected chi connectivity index (χ4v) is 7.77. The van der Waals surface area contributed by atoms with Crippen LogP contribution in [0.2, 0.25) is 0 Å². The Kier molecular flexibility index (Phi) is 23.7. The summed E-state index contributed by atoms with van der Waals surface area (Å²) in [5, 5.41) is 2.50. The number of carbonyl (C=O) groups is 7. The van der Waals surface area contributed by atoms with Crippen molar-refractivity contribution < 1.29 is 38.0 Å². The molecule has 1 aromatic heterocycles. The first-order chi connectivity index (χ1) is 30.7. The smallest absolute Gasteiger partial charge is 0.243 e. The first-order valence-corrected chi connectivity index (χ1v) is 22.7. The van der Waals surface area contributed by atoms with Gasteiger partial charge in [0.05, 0.1) is 38.5 Å². The molecule has 0 bridgehead atoms. The number of furan rings is 1. The number of amides is 7. The molecule has 0 aliphatic heterocycles. The quantitative estimate of drug-likeness (QED) is 0.0423. The average Bonchev–Trinajstić information content (AvgIpc) is 4.02. The summed E-state index contributed by atoms with van der Waals surface area (Å²) in [5.74, 6) is -3.33. The molecule has 7 N–H and O–H groups in total. The Balaban J connectivity index is 1.88. The number of hydrogen-bond donors (Lipinski definition) is 5. The van der Waals surface area contributed by atoms with E-state index in [9.17, 15) is 33.6 Å². The van der Waals surface area contributed by atoms with Gasteiger partial charge in [-0.25, -0.2) is 0 Å². The van der Waals surface area contributed by atoms with E-state index in [0.29, 0.717) is 44.5 Å². The van der Waals surface area contributed by atoms with Crippen LogP contribution < -0.4 is 22.5 Å². The van der Waals surface area contributed by atoms with Crippen molar-refractivity contribution >= 4 is 54.0 Å². The van der Waals surface area contributed by atoms with Crippen LogP contribution in [0.4, 0.5) is 0 Å².